The van der Waals surface area contributed by atoms with Crippen LogP contribution < -0.4 is 9.47 Å². The van der Waals surface area contributed by atoms with Crippen LogP contribution in [0.3, 0.4) is 0 Å². The zero-order valence-electron chi connectivity index (χ0n) is 16.0. The number of Topliss-reactive ketones (excluding diaryl/α,β-unsaturated/α-hetero) is 1. The highest BCUT2D eigenvalue weighted by molar-refractivity contribution is 5.98. The first kappa shape index (κ1) is 19.6. The van der Waals surface area contributed by atoms with E-state index in [2.05, 4.69) is 0 Å². The van der Waals surface area contributed by atoms with E-state index in [1.807, 2.05) is 30.3 Å². The quantitative estimate of drug-likeness (QED) is 0.589. The molecular formula is C24H24O4. The molecule has 144 valence electrons. The van der Waals surface area contributed by atoms with E-state index in [4.69, 9.17) is 9.47 Å². The van der Waals surface area contributed by atoms with E-state index in [1.165, 1.54) is 0 Å². The molecule has 1 N–H and O–H groups in total. The molecule has 0 aromatic heterocycles. The van der Waals surface area contributed by atoms with Gasteiger partial charge in [0, 0.05) is 5.56 Å². The molecule has 0 saturated carbocycles. The SMILES string of the molecule is COc1ccc(C(=O)C(Cc2ccccc2)C(O)c2ccc(OC)cc2)cc1. The molecule has 28 heavy (non-hydrogen) atoms. The first-order valence-electron chi connectivity index (χ1n) is 9.16. The molecule has 0 radical (unpaired) electrons. The van der Waals surface area contributed by atoms with Crippen LogP contribution in [0.4, 0.5) is 0 Å². The van der Waals surface area contributed by atoms with Crippen LogP contribution in [0, 0.1) is 5.92 Å². The highest BCUT2D eigenvalue weighted by atomic mass is 16.5. The van der Waals surface area contributed by atoms with Crippen LogP contribution in [-0.4, -0.2) is 25.1 Å². The van der Waals surface area contributed by atoms with Gasteiger partial charge in [-0.25, -0.2) is 0 Å². The Labute approximate surface area is 165 Å². The van der Waals surface area contributed by atoms with E-state index in [0.717, 1.165) is 5.56 Å². The second kappa shape index (κ2) is 9.20. The second-order valence-corrected chi connectivity index (χ2v) is 6.61. The molecule has 0 amide bonds. The van der Waals surface area contributed by atoms with Gasteiger partial charge >= 0.3 is 0 Å². The van der Waals surface area contributed by atoms with Crippen LogP contribution in [-0.2, 0) is 6.42 Å². The molecule has 0 aliphatic carbocycles. The summed E-state index contributed by atoms with van der Waals surface area (Å²) < 4.78 is 10.4. The van der Waals surface area contributed by atoms with Crippen molar-refractivity contribution in [3.05, 3.63) is 95.6 Å². The molecule has 2 unspecified atom stereocenters. The number of methoxy groups -OCH3 is 2. The Balaban J connectivity index is 1.91. The summed E-state index contributed by atoms with van der Waals surface area (Å²) in [6, 6.07) is 23.9. The smallest absolute Gasteiger partial charge is 0.169 e. The average molecular weight is 376 g/mol. The number of aliphatic hydroxyl groups is 1. The number of hydrogen-bond donors (Lipinski definition) is 1. The summed E-state index contributed by atoms with van der Waals surface area (Å²) in [5, 5.41) is 11.1. The van der Waals surface area contributed by atoms with Crippen molar-refractivity contribution in [2.24, 2.45) is 5.92 Å². The number of carbonyl (C=O) groups is 1. The van der Waals surface area contributed by atoms with Gasteiger partial charge in [-0.15, -0.1) is 0 Å². The molecule has 2 atom stereocenters. The zero-order valence-corrected chi connectivity index (χ0v) is 16.0. The molecule has 4 nitrogen and oxygen atoms in total. The average Bonchev–Trinajstić information content (AvgIpc) is 2.77. The molecule has 0 spiro atoms. The van der Waals surface area contributed by atoms with E-state index in [0.29, 0.717) is 29.0 Å². The highest BCUT2D eigenvalue weighted by Crippen LogP contribution is 2.30. The van der Waals surface area contributed by atoms with Crippen molar-refractivity contribution in [3.63, 3.8) is 0 Å². The van der Waals surface area contributed by atoms with Crippen molar-refractivity contribution in [3.8, 4) is 11.5 Å². The standard InChI is InChI=1S/C24H24O4/c1-27-20-12-8-18(9-13-20)23(25)22(16-17-6-4-3-5-7-17)24(26)19-10-14-21(28-2)15-11-19/h3-15,22-23,25H,16H2,1-2H3. The summed E-state index contributed by atoms with van der Waals surface area (Å²) in [6.45, 7) is 0. The maximum Gasteiger partial charge on any atom is 0.169 e. The van der Waals surface area contributed by atoms with E-state index >= 15 is 0 Å². The van der Waals surface area contributed by atoms with Crippen LogP contribution in [0.15, 0.2) is 78.9 Å². The Morgan fingerprint density at radius 3 is 1.89 bits per heavy atom. The van der Waals surface area contributed by atoms with E-state index in [-0.39, 0.29) is 5.78 Å². The van der Waals surface area contributed by atoms with Gasteiger partial charge in [0.2, 0.25) is 0 Å². The third-order valence-corrected chi connectivity index (χ3v) is 4.85. The first-order chi connectivity index (χ1) is 13.6. The lowest BCUT2D eigenvalue weighted by Gasteiger charge is -2.23. The number of benzene rings is 3. The number of carbonyl (C=O) groups excluding carboxylic acids is 1. The van der Waals surface area contributed by atoms with Gasteiger partial charge in [-0.3, -0.25) is 4.79 Å². The summed E-state index contributed by atoms with van der Waals surface area (Å²) in [7, 11) is 3.18. The van der Waals surface area contributed by atoms with Crippen LogP contribution in [0.1, 0.15) is 27.6 Å². The van der Waals surface area contributed by atoms with Crippen LogP contribution in [0.5, 0.6) is 11.5 Å². The molecule has 0 saturated heterocycles. The van der Waals surface area contributed by atoms with Gasteiger partial charge in [-0.1, -0.05) is 42.5 Å². The Morgan fingerprint density at radius 1 is 0.821 bits per heavy atom. The number of ketones is 1. The van der Waals surface area contributed by atoms with Crippen molar-refractivity contribution in [2.45, 2.75) is 12.5 Å². The highest BCUT2D eigenvalue weighted by Gasteiger charge is 2.29. The molecule has 0 heterocycles. The molecule has 3 aromatic carbocycles. The van der Waals surface area contributed by atoms with Gasteiger partial charge in [0.1, 0.15) is 11.5 Å². The lowest BCUT2D eigenvalue weighted by atomic mass is 9.84. The monoisotopic (exact) mass is 376 g/mol. The molecule has 0 aliphatic heterocycles. The molecule has 0 bridgehead atoms. The van der Waals surface area contributed by atoms with Gasteiger partial charge in [-0.05, 0) is 53.9 Å². The third-order valence-electron chi connectivity index (χ3n) is 4.85. The first-order valence-corrected chi connectivity index (χ1v) is 9.16. The second-order valence-electron chi connectivity index (χ2n) is 6.61. The van der Waals surface area contributed by atoms with E-state index in [9.17, 15) is 9.90 Å². The van der Waals surface area contributed by atoms with Gasteiger partial charge in [0.05, 0.1) is 26.2 Å². The maximum atomic E-state index is 13.3. The largest absolute Gasteiger partial charge is 0.497 e. The summed E-state index contributed by atoms with van der Waals surface area (Å²) in [5.74, 6) is 0.683. The van der Waals surface area contributed by atoms with Crippen LogP contribution in [0.2, 0.25) is 0 Å². The number of hydrogen-bond acceptors (Lipinski definition) is 4. The molecule has 0 fully saturated rings. The fourth-order valence-electron chi connectivity index (χ4n) is 3.22. The zero-order chi connectivity index (χ0) is 19.9. The minimum Gasteiger partial charge on any atom is -0.497 e. The molecule has 3 aromatic rings. The summed E-state index contributed by atoms with van der Waals surface area (Å²) in [5.41, 5.74) is 2.24. The van der Waals surface area contributed by atoms with Crippen LogP contribution in [0.25, 0.3) is 0 Å². The van der Waals surface area contributed by atoms with Crippen molar-refractivity contribution in [1.82, 2.24) is 0 Å². The van der Waals surface area contributed by atoms with Crippen LogP contribution >= 0.6 is 0 Å². The van der Waals surface area contributed by atoms with Crippen molar-refractivity contribution in [2.75, 3.05) is 14.2 Å². The molecule has 0 aliphatic rings. The fourth-order valence-corrected chi connectivity index (χ4v) is 3.22. The normalized spacial score (nSPS) is 12.8. The minimum absolute atomic E-state index is 0.102. The van der Waals surface area contributed by atoms with Crippen molar-refractivity contribution >= 4 is 5.78 Å². The lowest BCUT2D eigenvalue weighted by molar-refractivity contribution is 0.0676. The third kappa shape index (κ3) is 4.59. The van der Waals surface area contributed by atoms with Gasteiger partial charge in [0.25, 0.3) is 0 Å². The van der Waals surface area contributed by atoms with Gasteiger partial charge in [-0.2, -0.15) is 0 Å². The minimum atomic E-state index is -0.930. The molecule has 4 heteroatoms. The van der Waals surface area contributed by atoms with E-state index < -0.39 is 12.0 Å². The van der Waals surface area contributed by atoms with Gasteiger partial charge in [0.15, 0.2) is 5.78 Å². The predicted octanol–water partition coefficient (Wildman–Crippen LogP) is 4.48. The van der Waals surface area contributed by atoms with Crippen molar-refractivity contribution < 1.29 is 19.4 Å². The van der Waals surface area contributed by atoms with Gasteiger partial charge < -0.3 is 14.6 Å². The number of rotatable bonds is 8. The fraction of sp³-hybridized carbons (Fsp3) is 0.208. The Morgan fingerprint density at radius 2 is 1.36 bits per heavy atom. The lowest BCUT2D eigenvalue weighted by Crippen LogP contribution is -2.25. The maximum absolute atomic E-state index is 13.3. The van der Waals surface area contributed by atoms with Crippen molar-refractivity contribution in [1.29, 1.82) is 0 Å². The topological polar surface area (TPSA) is 55.8 Å². The summed E-state index contributed by atoms with van der Waals surface area (Å²) in [6.07, 6.45) is -0.487. The summed E-state index contributed by atoms with van der Waals surface area (Å²) >= 11 is 0. The Kier molecular flexibility index (Phi) is 6.45. The molecule has 3 rings (SSSR count). The number of ether oxygens (including phenoxy) is 2. The molecular weight excluding hydrogens is 352 g/mol. The Hall–Kier alpha value is -3.11. The van der Waals surface area contributed by atoms with E-state index in [1.54, 1.807) is 62.8 Å². The summed E-state index contributed by atoms with van der Waals surface area (Å²) in [4.78, 5) is 13.3. The Bertz CT molecular complexity index is 886. The number of aliphatic hydroxyl groups excluding tert-OH is 1. The predicted molar refractivity (Wildman–Crippen MR) is 109 cm³/mol.